The third-order valence-electron chi connectivity index (χ3n) is 4.09. The van der Waals surface area contributed by atoms with Crippen LogP contribution in [0.1, 0.15) is 42.4 Å². The number of halogens is 2. The maximum Gasteiger partial charge on any atom is 0.338 e. The molecule has 1 aromatic heterocycles. The highest BCUT2D eigenvalue weighted by Crippen LogP contribution is 2.25. The van der Waals surface area contributed by atoms with E-state index in [1.54, 1.807) is 12.1 Å². The summed E-state index contributed by atoms with van der Waals surface area (Å²) in [6.45, 7) is 6.15. The highest BCUT2D eigenvalue weighted by molar-refractivity contribution is 5.89. The maximum atomic E-state index is 13.8. The second-order valence-electron chi connectivity index (χ2n) is 7.21. The third kappa shape index (κ3) is 4.39. The van der Waals surface area contributed by atoms with Gasteiger partial charge >= 0.3 is 5.97 Å². The summed E-state index contributed by atoms with van der Waals surface area (Å²) in [4.78, 5) is 12.2. The van der Waals surface area contributed by atoms with Gasteiger partial charge in [-0.15, -0.1) is 0 Å². The van der Waals surface area contributed by atoms with Crippen LogP contribution in [0.15, 0.2) is 53.1 Å². The molecule has 0 N–H and O–H groups in total. The van der Waals surface area contributed by atoms with E-state index in [2.05, 4.69) is 25.9 Å². The highest BCUT2D eigenvalue weighted by Gasteiger charge is 2.16. The quantitative estimate of drug-likeness (QED) is 0.586. The van der Waals surface area contributed by atoms with Crippen molar-refractivity contribution in [2.24, 2.45) is 0 Å². The van der Waals surface area contributed by atoms with Crippen molar-refractivity contribution in [2.45, 2.75) is 32.8 Å². The number of benzene rings is 2. The van der Waals surface area contributed by atoms with Gasteiger partial charge < -0.3 is 9.26 Å². The van der Waals surface area contributed by atoms with Crippen molar-refractivity contribution in [1.29, 1.82) is 0 Å². The number of carbonyl (C=O) groups is 1. The van der Waals surface area contributed by atoms with Crippen molar-refractivity contribution in [1.82, 2.24) is 5.16 Å². The van der Waals surface area contributed by atoms with E-state index in [-0.39, 0.29) is 23.3 Å². The lowest BCUT2D eigenvalue weighted by molar-refractivity contribution is 0.0464. The lowest BCUT2D eigenvalue weighted by Crippen LogP contribution is -2.12. The van der Waals surface area contributed by atoms with E-state index in [4.69, 9.17) is 9.26 Å². The molecule has 3 aromatic rings. The van der Waals surface area contributed by atoms with Crippen molar-refractivity contribution < 1.29 is 22.8 Å². The first kappa shape index (κ1) is 18.8. The monoisotopic (exact) mass is 371 g/mol. The average molecular weight is 371 g/mol. The smallest absolute Gasteiger partial charge is 0.338 e. The minimum Gasteiger partial charge on any atom is -0.455 e. The molecule has 2 aromatic carbocycles. The van der Waals surface area contributed by atoms with Gasteiger partial charge in [-0.25, -0.2) is 13.6 Å². The fourth-order valence-electron chi connectivity index (χ4n) is 2.53. The van der Waals surface area contributed by atoms with Crippen molar-refractivity contribution in [3.05, 3.63) is 77.0 Å². The van der Waals surface area contributed by atoms with Crippen LogP contribution in [0.3, 0.4) is 0 Å². The lowest BCUT2D eigenvalue weighted by Gasteiger charge is -2.18. The molecule has 0 aliphatic heterocycles. The van der Waals surface area contributed by atoms with Gasteiger partial charge in [0.25, 0.3) is 0 Å². The Morgan fingerprint density at radius 3 is 2.41 bits per heavy atom. The zero-order valence-electron chi connectivity index (χ0n) is 15.3. The molecular formula is C21H19F2NO3. The summed E-state index contributed by atoms with van der Waals surface area (Å²) >= 11 is 0. The molecule has 1 heterocycles. The van der Waals surface area contributed by atoms with Crippen LogP contribution in [-0.2, 0) is 16.8 Å². The van der Waals surface area contributed by atoms with E-state index in [0.29, 0.717) is 11.3 Å². The molecule has 0 saturated heterocycles. The standard InChI is InChI=1S/C21H19F2NO3/c1-21(2,3)14-6-4-13(5-7-14)20(25)26-12-16-11-19(27-24-16)17-9-8-15(22)10-18(17)23/h4-11H,12H2,1-3H3. The molecule has 0 aliphatic carbocycles. The van der Waals surface area contributed by atoms with Gasteiger partial charge in [-0.05, 0) is 35.2 Å². The van der Waals surface area contributed by atoms with Gasteiger partial charge in [0.05, 0.1) is 11.1 Å². The number of ether oxygens (including phenoxy) is 1. The molecule has 4 nitrogen and oxygen atoms in total. The molecule has 3 rings (SSSR count). The van der Waals surface area contributed by atoms with Crippen LogP contribution in [-0.4, -0.2) is 11.1 Å². The van der Waals surface area contributed by atoms with Gasteiger partial charge in [-0.3, -0.25) is 0 Å². The molecule has 0 unspecified atom stereocenters. The molecule has 27 heavy (non-hydrogen) atoms. The Morgan fingerprint density at radius 1 is 1.07 bits per heavy atom. The fraction of sp³-hybridized carbons (Fsp3) is 0.238. The number of hydrogen-bond donors (Lipinski definition) is 0. The van der Waals surface area contributed by atoms with E-state index in [9.17, 15) is 13.6 Å². The molecular weight excluding hydrogens is 352 g/mol. The Labute approximate surface area is 155 Å². The van der Waals surface area contributed by atoms with Crippen LogP contribution in [0.4, 0.5) is 8.78 Å². The van der Waals surface area contributed by atoms with Crippen LogP contribution in [0.25, 0.3) is 11.3 Å². The molecule has 0 radical (unpaired) electrons. The van der Waals surface area contributed by atoms with Crippen molar-refractivity contribution in [2.75, 3.05) is 0 Å². The molecule has 0 aliphatic rings. The number of rotatable bonds is 4. The van der Waals surface area contributed by atoms with Gasteiger partial charge in [0.2, 0.25) is 0 Å². The number of esters is 1. The van der Waals surface area contributed by atoms with E-state index < -0.39 is 17.6 Å². The summed E-state index contributed by atoms with van der Waals surface area (Å²) in [6.07, 6.45) is 0. The minimum absolute atomic E-state index is 0.00479. The minimum atomic E-state index is -0.756. The first-order chi connectivity index (χ1) is 12.7. The van der Waals surface area contributed by atoms with Crippen LogP contribution >= 0.6 is 0 Å². The maximum absolute atomic E-state index is 13.8. The van der Waals surface area contributed by atoms with Crippen molar-refractivity contribution >= 4 is 5.97 Å². The largest absolute Gasteiger partial charge is 0.455 e. The van der Waals surface area contributed by atoms with E-state index >= 15 is 0 Å². The Hall–Kier alpha value is -3.02. The van der Waals surface area contributed by atoms with Gasteiger partial charge in [0.15, 0.2) is 5.76 Å². The highest BCUT2D eigenvalue weighted by atomic mass is 19.1. The van der Waals surface area contributed by atoms with Gasteiger partial charge in [-0.1, -0.05) is 38.1 Å². The second kappa shape index (κ2) is 7.31. The summed E-state index contributed by atoms with van der Waals surface area (Å²) in [5.41, 5.74) is 1.94. The van der Waals surface area contributed by atoms with Gasteiger partial charge in [-0.2, -0.15) is 0 Å². The Kier molecular flexibility index (Phi) is 5.08. The van der Waals surface area contributed by atoms with E-state index in [1.807, 2.05) is 12.1 Å². The van der Waals surface area contributed by atoms with Crippen LogP contribution < -0.4 is 0 Å². The predicted octanol–water partition coefficient (Wildman–Crippen LogP) is 5.27. The Balaban J connectivity index is 1.65. The number of hydrogen-bond acceptors (Lipinski definition) is 4. The third-order valence-corrected chi connectivity index (χ3v) is 4.09. The number of nitrogens with zero attached hydrogens (tertiary/aromatic N) is 1. The Morgan fingerprint density at radius 2 is 1.78 bits per heavy atom. The molecule has 0 bridgehead atoms. The zero-order valence-corrected chi connectivity index (χ0v) is 15.3. The first-order valence-corrected chi connectivity index (χ1v) is 8.43. The van der Waals surface area contributed by atoms with E-state index in [1.165, 1.54) is 12.1 Å². The lowest BCUT2D eigenvalue weighted by atomic mass is 9.87. The summed E-state index contributed by atoms with van der Waals surface area (Å²) in [5.74, 6) is -1.79. The summed E-state index contributed by atoms with van der Waals surface area (Å²) in [6, 6.07) is 11.8. The molecule has 0 saturated carbocycles. The number of carbonyl (C=O) groups excluding carboxylic acids is 1. The average Bonchev–Trinajstić information content (AvgIpc) is 3.07. The number of aromatic nitrogens is 1. The first-order valence-electron chi connectivity index (χ1n) is 8.43. The Bertz CT molecular complexity index is 956. The summed E-state index contributed by atoms with van der Waals surface area (Å²) < 4.78 is 37.1. The molecule has 0 atom stereocenters. The van der Waals surface area contributed by atoms with Crippen LogP contribution in [0, 0.1) is 11.6 Å². The SMILES string of the molecule is CC(C)(C)c1ccc(C(=O)OCc2cc(-c3ccc(F)cc3F)on2)cc1. The van der Waals surface area contributed by atoms with E-state index in [0.717, 1.165) is 17.7 Å². The van der Waals surface area contributed by atoms with Crippen LogP contribution in [0.5, 0.6) is 0 Å². The normalized spacial score (nSPS) is 11.4. The summed E-state index contributed by atoms with van der Waals surface area (Å²) in [7, 11) is 0. The molecule has 0 spiro atoms. The fourth-order valence-corrected chi connectivity index (χ4v) is 2.53. The summed E-state index contributed by atoms with van der Waals surface area (Å²) in [5, 5.41) is 3.76. The van der Waals surface area contributed by atoms with Crippen molar-refractivity contribution in [3.8, 4) is 11.3 Å². The topological polar surface area (TPSA) is 52.3 Å². The van der Waals surface area contributed by atoms with Crippen molar-refractivity contribution in [3.63, 3.8) is 0 Å². The zero-order chi connectivity index (χ0) is 19.6. The molecule has 6 heteroatoms. The predicted molar refractivity (Wildman–Crippen MR) is 96.1 cm³/mol. The molecule has 140 valence electrons. The van der Waals surface area contributed by atoms with Gasteiger partial charge in [0, 0.05) is 12.1 Å². The van der Waals surface area contributed by atoms with Crippen LogP contribution in [0.2, 0.25) is 0 Å². The van der Waals surface area contributed by atoms with Gasteiger partial charge in [0.1, 0.15) is 23.9 Å². The molecule has 0 fully saturated rings. The molecule has 0 amide bonds. The second-order valence-corrected chi connectivity index (χ2v) is 7.21.